The maximum absolute atomic E-state index is 11.8. The van der Waals surface area contributed by atoms with Gasteiger partial charge in [0.25, 0.3) is 0 Å². The molecular weight excluding hydrogens is 304 g/mol. The van der Waals surface area contributed by atoms with Crippen molar-refractivity contribution < 1.29 is 9.53 Å². The Morgan fingerprint density at radius 2 is 2.04 bits per heavy atom. The minimum atomic E-state index is 0.0767. The number of amides is 1. The van der Waals surface area contributed by atoms with Crippen LogP contribution in [0.25, 0.3) is 0 Å². The van der Waals surface area contributed by atoms with Crippen LogP contribution in [0.5, 0.6) is 0 Å². The molecule has 1 aliphatic heterocycles. The molecule has 0 spiro atoms. The van der Waals surface area contributed by atoms with Crippen LogP contribution in [0.15, 0.2) is 18.2 Å². The summed E-state index contributed by atoms with van der Waals surface area (Å²) in [5, 5.41) is 2.91. The highest BCUT2D eigenvalue weighted by atomic mass is 16.5. The van der Waals surface area contributed by atoms with Crippen LogP contribution in [-0.2, 0) is 16.0 Å². The van der Waals surface area contributed by atoms with Gasteiger partial charge in [-0.25, -0.2) is 0 Å². The molecule has 0 radical (unpaired) electrons. The molecule has 0 atom stereocenters. The summed E-state index contributed by atoms with van der Waals surface area (Å²) in [6.45, 7) is 5.46. The van der Waals surface area contributed by atoms with Crippen molar-refractivity contribution in [2.75, 3.05) is 64.1 Å². The number of rotatable bonds is 8. The van der Waals surface area contributed by atoms with Crippen molar-refractivity contribution in [3.8, 4) is 0 Å². The summed E-state index contributed by atoms with van der Waals surface area (Å²) in [4.78, 5) is 16.5. The van der Waals surface area contributed by atoms with Crippen molar-refractivity contribution in [2.24, 2.45) is 0 Å². The maximum atomic E-state index is 11.8. The fourth-order valence-electron chi connectivity index (χ4n) is 2.89. The number of aryl methyl sites for hydroxylation is 1. The van der Waals surface area contributed by atoms with Gasteiger partial charge in [0.15, 0.2) is 0 Å². The van der Waals surface area contributed by atoms with Crippen LogP contribution >= 0.6 is 0 Å². The average Bonchev–Trinajstić information content (AvgIpc) is 2.58. The Balaban J connectivity index is 1.80. The van der Waals surface area contributed by atoms with Crippen LogP contribution in [0.2, 0.25) is 0 Å². The molecule has 0 saturated carbocycles. The van der Waals surface area contributed by atoms with Gasteiger partial charge < -0.3 is 25.6 Å². The fraction of sp³-hybridized carbons (Fsp3) is 0.611. The van der Waals surface area contributed by atoms with Crippen LogP contribution in [0, 0.1) is 0 Å². The number of hydrogen-bond donors (Lipinski definition) is 2. The molecule has 1 aliphatic rings. The Morgan fingerprint density at radius 1 is 1.29 bits per heavy atom. The van der Waals surface area contributed by atoms with E-state index >= 15 is 0 Å². The van der Waals surface area contributed by atoms with Gasteiger partial charge in [-0.1, -0.05) is 6.07 Å². The molecule has 24 heavy (non-hydrogen) atoms. The van der Waals surface area contributed by atoms with Crippen LogP contribution in [-0.4, -0.2) is 64.3 Å². The number of hydrogen-bond acceptors (Lipinski definition) is 5. The average molecular weight is 334 g/mol. The van der Waals surface area contributed by atoms with E-state index < -0.39 is 0 Å². The van der Waals surface area contributed by atoms with Crippen molar-refractivity contribution in [2.45, 2.75) is 19.3 Å². The molecule has 1 aromatic rings. The second-order valence-electron chi connectivity index (χ2n) is 6.38. The van der Waals surface area contributed by atoms with Crippen molar-refractivity contribution in [1.82, 2.24) is 10.2 Å². The molecule has 3 N–H and O–H groups in total. The SMILES string of the molecule is COCCCNC(=O)CCc1ccc(N2CCN(C)CC2)c(N)c1. The number of anilines is 2. The third kappa shape index (κ3) is 5.69. The zero-order valence-corrected chi connectivity index (χ0v) is 14.9. The van der Waals surface area contributed by atoms with E-state index in [9.17, 15) is 4.79 Å². The third-order valence-electron chi connectivity index (χ3n) is 4.42. The van der Waals surface area contributed by atoms with Crippen LogP contribution in [0.4, 0.5) is 11.4 Å². The van der Waals surface area contributed by atoms with E-state index in [4.69, 9.17) is 10.5 Å². The standard InChI is InChI=1S/C18H30N4O2/c1-21-9-11-22(12-10-21)17-6-4-15(14-16(17)19)5-7-18(23)20-8-3-13-24-2/h4,6,14H,3,5,7-13,19H2,1-2H3,(H,20,23). The van der Waals surface area contributed by atoms with Crippen molar-refractivity contribution in [1.29, 1.82) is 0 Å². The number of nitrogen functional groups attached to an aromatic ring is 1. The summed E-state index contributed by atoms with van der Waals surface area (Å²) in [7, 11) is 3.81. The fourth-order valence-corrected chi connectivity index (χ4v) is 2.89. The Hall–Kier alpha value is -1.79. The Labute approximate surface area is 144 Å². The molecule has 1 amide bonds. The number of ether oxygens (including phenoxy) is 1. The minimum absolute atomic E-state index is 0.0767. The van der Waals surface area contributed by atoms with E-state index in [-0.39, 0.29) is 5.91 Å². The Bertz CT molecular complexity index is 528. The molecule has 6 heteroatoms. The predicted molar refractivity (Wildman–Crippen MR) is 98.4 cm³/mol. The van der Waals surface area contributed by atoms with Gasteiger partial charge in [0.2, 0.25) is 5.91 Å². The first kappa shape index (κ1) is 18.5. The molecule has 1 heterocycles. The molecule has 1 aromatic carbocycles. The van der Waals surface area contributed by atoms with Crippen molar-refractivity contribution in [3.63, 3.8) is 0 Å². The van der Waals surface area contributed by atoms with E-state index in [1.807, 2.05) is 6.07 Å². The summed E-state index contributed by atoms with van der Waals surface area (Å²) >= 11 is 0. The summed E-state index contributed by atoms with van der Waals surface area (Å²) in [6.07, 6.45) is 2.04. The zero-order chi connectivity index (χ0) is 17.4. The summed E-state index contributed by atoms with van der Waals surface area (Å²) in [6, 6.07) is 6.18. The summed E-state index contributed by atoms with van der Waals surface area (Å²) in [5.41, 5.74) is 9.26. The van der Waals surface area contributed by atoms with Gasteiger partial charge in [-0.15, -0.1) is 0 Å². The van der Waals surface area contributed by atoms with E-state index in [1.54, 1.807) is 7.11 Å². The Kier molecular flexibility index (Phi) is 7.34. The minimum Gasteiger partial charge on any atom is -0.397 e. The molecule has 0 aliphatic carbocycles. The van der Waals surface area contributed by atoms with Gasteiger partial charge in [0.05, 0.1) is 11.4 Å². The Morgan fingerprint density at radius 3 is 2.71 bits per heavy atom. The molecular formula is C18H30N4O2. The summed E-state index contributed by atoms with van der Waals surface area (Å²) in [5.74, 6) is 0.0767. The highest BCUT2D eigenvalue weighted by Crippen LogP contribution is 2.25. The first-order chi connectivity index (χ1) is 11.6. The molecule has 134 valence electrons. The van der Waals surface area contributed by atoms with Gasteiger partial charge in [-0.05, 0) is 37.6 Å². The van der Waals surface area contributed by atoms with Gasteiger partial charge in [-0.2, -0.15) is 0 Å². The van der Waals surface area contributed by atoms with Gasteiger partial charge in [-0.3, -0.25) is 4.79 Å². The van der Waals surface area contributed by atoms with Gasteiger partial charge in [0, 0.05) is 52.9 Å². The highest BCUT2D eigenvalue weighted by Gasteiger charge is 2.16. The lowest BCUT2D eigenvalue weighted by atomic mass is 10.1. The first-order valence-electron chi connectivity index (χ1n) is 8.67. The van der Waals surface area contributed by atoms with E-state index in [0.717, 1.165) is 49.5 Å². The number of nitrogens with zero attached hydrogens (tertiary/aromatic N) is 2. The normalized spacial score (nSPS) is 15.5. The van der Waals surface area contributed by atoms with Gasteiger partial charge >= 0.3 is 0 Å². The topological polar surface area (TPSA) is 70.8 Å². The smallest absolute Gasteiger partial charge is 0.220 e. The number of carbonyl (C=O) groups excluding carboxylic acids is 1. The van der Waals surface area contributed by atoms with Crippen molar-refractivity contribution >= 4 is 17.3 Å². The van der Waals surface area contributed by atoms with Crippen LogP contribution in [0.3, 0.4) is 0 Å². The van der Waals surface area contributed by atoms with Gasteiger partial charge in [0.1, 0.15) is 0 Å². The lowest BCUT2D eigenvalue weighted by Crippen LogP contribution is -2.44. The van der Waals surface area contributed by atoms with E-state index in [1.165, 1.54) is 0 Å². The zero-order valence-electron chi connectivity index (χ0n) is 14.9. The van der Waals surface area contributed by atoms with Crippen molar-refractivity contribution in [3.05, 3.63) is 23.8 Å². The second-order valence-corrected chi connectivity index (χ2v) is 6.38. The van der Waals surface area contributed by atoms with Crippen LogP contribution < -0.4 is 16.0 Å². The summed E-state index contributed by atoms with van der Waals surface area (Å²) < 4.78 is 4.96. The number of likely N-dealkylation sites (N-methyl/N-ethyl adjacent to an activating group) is 1. The molecule has 1 saturated heterocycles. The number of nitrogens with two attached hydrogens (primary N) is 1. The quantitative estimate of drug-likeness (QED) is 0.550. The monoisotopic (exact) mass is 334 g/mol. The molecule has 2 rings (SSSR count). The number of methoxy groups -OCH3 is 1. The third-order valence-corrected chi connectivity index (χ3v) is 4.42. The van der Waals surface area contributed by atoms with E-state index in [0.29, 0.717) is 26.0 Å². The molecule has 0 unspecified atom stereocenters. The van der Waals surface area contributed by atoms with Crippen LogP contribution in [0.1, 0.15) is 18.4 Å². The lowest BCUT2D eigenvalue weighted by molar-refractivity contribution is -0.121. The largest absolute Gasteiger partial charge is 0.397 e. The first-order valence-corrected chi connectivity index (χ1v) is 8.67. The lowest BCUT2D eigenvalue weighted by Gasteiger charge is -2.34. The molecule has 0 aromatic heterocycles. The molecule has 0 bridgehead atoms. The number of nitrogens with one attached hydrogen (secondary N) is 1. The molecule has 6 nitrogen and oxygen atoms in total. The number of piperazine rings is 1. The second kappa shape index (κ2) is 9.49. The maximum Gasteiger partial charge on any atom is 0.220 e. The van der Waals surface area contributed by atoms with E-state index in [2.05, 4.69) is 34.3 Å². The number of benzene rings is 1. The molecule has 1 fully saturated rings. The number of carbonyl (C=O) groups is 1. The highest BCUT2D eigenvalue weighted by molar-refractivity contribution is 5.76. The predicted octanol–water partition coefficient (Wildman–Crippen LogP) is 1.11.